The summed E-state index contributed by atoms with van der Waals surface area (Å²) < 4.78 is 11.1. The van der Waals surface area contributed by atoms with E-state index >= 15 is 0 Å². The van der Waals surface area contributed by atoms with Gasteiger partial charge < -0.3 is 19.9 Å². The monoisotopic (exact) mass is 291 g/mol. The normalized spacial score (nSPS) is 24.4. The molecular weight excluding hydrogens is 270 g/mol. The average molecular weight is 291 g/mol. The molecule has 1 fully saturated rings. The van der Waals surface area contributed by atoms with Crippen LogP contribution in [-0.2, 0) is 0 Å². The molecule has 114 valence electrons. The molecule has 2 aliphatic rings. The molecule has 1 aromatic carbocycles. The first-order chi connectivity index (χ1) is 10.3. The molecule has 0 radical (unpaired) electrons. The van der Waals surface area contributed by atoms with Crippen molar-refractivity contribution in [2.45, 2.75) is 31.7 Å². The highest BCUT2D eigenvalue weighted by atomic mass is 16.6. The van der Waals surface area contributed by atoms with Crippen LogP contribution in [0.3, 0.4) is 0 Å². The van der Waals surface area contributed by atoms with Gasteiger partial charge in [-0.1, -0.05) is 18.9 Å². The standard InChI is InChI=1S/C16H21NO4/c18-10-11-4-1-2-6-13(11)17-16(19)12-5-3-7-14-15(12)21-9-8-20-14/h3,5,7,11,13,18H,1-2,4,6,8-10H2,(H,17,19). The van der Waals surface area contributed by atoms with E-state index < -0.39 is 0 Å². The minimum atomic E-state index is -0.150. The lowest BCUT2D eigenvalue weighted by molar-refractivity contribution is 0.0862. The SMILES string of the molecule is O=C(NC1CCCCC1CO)c1cccc2c1OCCO2. The van der Waals surface area contributed by atoms with E-state index in [2.05, 4.69) is 5.32 Å². The topological polar surface area (TPSA) is 67.8 Å². The van der Waals surface area contributed by atoms with Gasteiger partial charge in [-0.05, 0) is 25.0 Å². The minimum Gasteiger partial charge on any atom is -0.486 e. The summed E-state index contributed by atoms with van der Waals surface area (Å²) in [5, 5.41) is 12.5. The van der Waals surface area contributed by atoms with Crippen LogP contribution in [0, 0.1) is 5.92 Å². The Morgan fingerprint density at radius 2 is 2.05 bits per heavy atom. The second kappa shape index (κ2) is 6.35. The van der Waals surface area contributed by atoms with Crippen LogP contribution in [0.1, 0.15) is 36.0 Å². The maximum Gasteiger partial charge on any atom is 0.255 e. The molecule has 0 bridgehead atoms. The highest BCUT2D eigenvalue weighted by Gasteiger charge is 2.28. The zero-order chi connectivity index (χ0) is 14.7. The van der Waals surface area contributed by atoms with Gasteiger partial charge in [0.05, 0.1) is 5.56 Å². The first-order valence-electron chi connectivity index (χ1n) is 7.60. The number of fused-ring (bicyclic) bond motifs is 1. The van der Waals surface area contributed by atoms with Crippen molar-refractivity contribution in [3.8, 4) is 11.5 Å². The van der Waals surface area contributed by atoms with Crippen LogP contribution in [0.4, 0.5) is 0 Å². The highest BCUT2D eigenvalue weighted by molar-refractivity contribution is 5.98. The van der Waals surface area contributed by atoms with E-state index in [9.17, 15) is 9.90 Å². The number of hydrogen-bond acceptors (Lipinski definition) is 4. The summed E-state index contributed by atoms with van der Waals surface area (Å²) in [5.74, 6) is 1.15. The quantitative estimate of drug-likeness (QED) is 0.890. The van der Waals surface area contributed by atoms with Crippen LogP contribution < -0.4 is 14.8 Å². The number of nitrogens with one attached hydrogen (secondary N) is 1. The predicted molar refractivity (Wildman–Crippen MR) is 77.7 cm³/mol. The van der Waals surface area contributed by atoms with Crippen molar-refractivity contribution in [3.63, 3.8) is 0 Å². The van der Waals surface area contributed by atoms with Crippen LogP contribution in [0.15, 0.2) is 18.2 Å². The lowest BCUT2D eigenvalue weighted by Gasteiger charge is -2.31. The van der Waals surface area contributed by atoms with Gasteiger partial charge >= 0.3 is 0 Å². The van der Waals surface area contributed by atoms with E-state index in [1.165, 1.54) is 0 Å². The van der Waals surface area contributed by atoms with Crippen LogP contribution in [0.25, 0.3) is 0 Å². The molecule has 21 heavy (non-hydrogen) atoms. The molecule has 1 aliphatic heterocycles. The van der Waals surface area contributed by atoms with Gasteiger partial charge in [0.2, 0.25) is 0 Å². The maximum atomic E-state index is 12.5. The molecule has 2 atom stereocenters. The summed E-state index contributed by atoms with van der Waals surface area (Å²) >= 11 is 0. The van der Waals surface area contributed by atoms with E-state index in [0.717, 1.165) is 25.7 Å². The number of ether oxygens (including phenoxy) is 2. The summed E-state index contributed by atoms with van der Waals surface area (Å²) in [6, 6.07) is 5.39. The Kier molecular flexibility index (Phi) is 4.29. The first-order valence-corrected chi connectivity index (χ1v) is 7.60. The van der Waals surface area contributed by atoms with Gasteiger partial charge in [-0.3, -0.25) is 4.79 Å². The molecule has 1 heterocycles. The molecule has 1 aliphatic carbocycles. The van der Waals surface area contributed by atoms with Crippen molar-refractivity contribution in [2.75, 3.05) is 19.8 Å². The Morgan fingerprint density at radius 1 is 1.24 bits per heavy atom. The zero-order valence-corrected chi connectivity index (χ0v) is 12.0. The Morgan fingerprint density at radius 3 is 2.90 bits per heavy atom. The number of para-hydroxylation sites is 1. The van der Waals surface area contributed by atoms with Crippen molar-refractivity contribution in [1.82, 2.24) is 5.32 Å². The minimum absolute atomic E-state index is 0.0385. The number of aliphatic hydroxyl groups excluding tert-OH is 1. The third kappa shape index (κ3) is 2.97. The number of carbonyl (C=O) groups is 1. The van der Waals surface area contributed by atoms with E-state index in [1.54, 1.807) is 12.1 Å². The second-order valence-corrected chi connectivity index (χ2v) is 5.64. The molecule has 3 rings (SSSR count). The molecule has 2 unspecified atom stereocenters. The van der Waals surface area contributed by atoms with E-state index in [0.29, 0.717) is 30.3 Å². The van der Waals surface area contributed by atoms with Crippen LogP contribution >= 0.6 is 0 Å². The van der Waals surface area contributed by atoms with Crippen LogP contribution in [-0.4, -0.2) is 36.9 Å². The molecule has 2 N–H and O–H groups in total. The lowest BCUT2D eigenvalue weighted by atomic mass is 9.85. The highest BCUT2D eigenvalue weighted by Crippen LogP contribution is 2.34. The second-order valence-electron chi connectivity index (χ2n) is 5.64. The number of amides is 1. The number of benzene rings is 1. The molecule has 1 aromatic rings. The maximum absolute atomic E-state index is 12.5. The van der Waals surface area contributed by atoms with Crippen LogP contribution in [0.5, 0.6) is 11.5 Å². The van der Waals surface area contributed by atoms with Gasteiger partial charge in [0.25, 0.3) is 5.91 Å². The molecule has 5 nitrogen and oxygen atoms in total. The van der Waals surface area contributed by atoms with Gasteiger partial charge in [-0.2, -0.15) is 0 Å². The molecule has 5 heteroatoms. The Hall–Kier alpha value is -1.75. The molecule has 1 amide bonds. The van der Waals surface area contributed by atoms with Crippen molar-refractivity contribution < 1.29 is 19.4 Å². The predicted octanol–water partition coefficient (Wildman–Crippen LogP) is 1.74. The number of rotatable bonds is 3. The van der Waals surface area contributed by atoms with Crippen molar-refractivity contribution in [2.24, 2.45) is 5.92 Å². The fourth-order valence-corrected chi connectivity index (χ4v) is 3.11. The summed E-state index contributed by atoms with van der Waals surface area (Å²) in [4.78, 5) is 12.5. The zero-order valence-electron chi connectivity index (χ0n) is 12.0. The smallest absolute Gasteiger partial charge is 0.255 e. The van der Waals surface area contributed by atoms with Gasteiger partial charge in [-0.15, -0.1) is 0 Å². The molecule has 0 aromatic heterocycles. The third-order valence-corrected chi connectivity index (χ3v) is 4.27. The largest absolute Gasteiger partial charge is 0.486 e. The summed E-state index contributed by atoms with van der Waals surface area (Å²) in [6.07, 6.45) is 4.10. The summed E-state index contributed by atoms with van der Waals surface area (Å²) in [5.41, 5.74) is 0.509. The van der Waals surface area contributed by atoms with Crippen LogP contribution in [0.2, 0.25) is 0 Å². The fraction of sp³-hybridized carbons (Fsp3) is 0.562. The first kappa shape index (κ1) is 14.2. The Balaban J connectivity index is 1.76. The molecular formula is C16H21NO4. The summed E-state index contributed by atoms with van der Waals surface area (Å²) in [7, 11) is 0. The number of carbonyl (C=O) groups excluding carboxylic acids is 1. The Bertz CT molecular complexity index is 517. The van der Waals surface area contributed by atoms with E-state index in [4.69, 9.17) is 9.47 Å². The van der Waals surface area contributed by atoms with Crippen molar-refractivity contribution >= 4 is 5.91 Å². The van der Waals surface area contributed by atoms with E-state index in [-0.39, 0.29) is 24.5 Å². The number of aliphatic hydroxyl groups is 1. The average Bonchev–Trinajstić information content (AvgIpc) is 2.54. The molecule has 0 saturated heterocycles. The van der Waals surface area contributed by atoms with Gasteiger partial charge in [0.15, 0.2) is 11.5 Å². The molecule has 0 spiro atoms. The van der Waals surface area contributed by atoms with Gasteiger partial charge in [0, 0.05) is 18.6 Å². The van der Waals surface area contributed by atoms with Crippen molar-refractivity contribution in [1.29, 1.82) is 0 Å². The fourth-order valence-electron chi connectivity index (χ4n) is 3.11. The lowest BCUT2D eigenvalue weighted by Crippen LogP contribution is -2.43. The van der Waals surface area contributed by atoms with Gasteiger partial charge in [0.1, 0.15) is 13.2 Å². The Labute approximate surface area is 124 Å². The molecule has 1 saturated carbocycles. The van der Waals surface area contributed by atoms with Crippen molar-refractivity contribution in [3.05, 3.63) is 23.8 Å². The number of hydrogen-bond donors (Lipinski definition) is 2. The van der Waals surface area contributed by atoms with Gasteiger partial charge in [-0.25, -0.2) is 0 Å². The van der Waals surface area contributed by atoms with E-state index in [1.807, 2.05) is 6.07 Å². The third-order valence-electron chi connectivity index (χ3n) is 4.27. The summed E-state index contributed by atoms with van der Waals surface area (Å²) in [6.45, 7) is 1.09.